The van der Waals surface area contributed by atoms with Crippen LogP contribution >= 0.6 is 15.6 Å². The second-order valence-corrected chi connectivity index (χ2v) is 10.4. The van der Waals surface area contributed by atoms with Crippen molar-refractivity contribution in [1.82, 2.24) is 9.13 Å². The van der Waals surface area contributed by atoms with Gasteiger partial charge in [0.25, 0.3) is 5.56 Å². The van der Waals surface area contributed by atoms with Gasteiger partial charge in [0.1, 0.15) is 18.3 Å². The Balaban J connectivity index is 1.76. The lowest BCUT2D eigenvalue weighted by Crippen LogP contribution is -2.43. The van der Waals surface area contributed by atoms with Crippen LogP contribution in [-0.4, -0.2) is 58.9 Å². The summed E-state index contributed by atoms with van der Waals surface area (Å²) in [6, 6.07) is 8.53. The van der Waals surface area contributed by atoms with Crippen LogP contribution < -0.4 is 11.2 Å². The fourth-order valence-electron chi connectivity index (χ4n) is 3.48. The van der Waals surface area contributed by atoms with Gasteiger partial charge in [-0.15, -0.1) is 0 Å². The van der Waals surface area contributed by atoms with E-state index in [1.807, 2.05) is 31.2 Å². The molecule has 0 radical (unpaired) electrons. The maximum Gasteiger partial charge on any atom is 0.481 e. The van der Waals surface area contributed by atoms with Gasteiger partial charge in [-0.05, 0) is 24.5 Å². The minimum absolute atomic E-state index is 0.0364. The van der Waals surface area contributed by atoms with E-state index in [4.69, 9.17) is 14.5 Å². The molecule has 2 heterocycles. The van der Waals surface area contributed by atoms with Crippen LogP contribution in [-0.2, 0) is 35.7 Å². The van der Waals surface area contributed by atoms with Crippen LogP contribution in [0.5, 0.6) is 0 Å². The van der Waals surface area contributed by atoms with Crippen LogP contribution in [0.3, 0.4) is 0 Å². The van der Waals surface area contributed by atoms with E-state index < -0.39 is 58.0 Å². The van der Waals surface area contributed by atoms with Gasteiger partial charge in [0.2, 0.25) is 0 Å². The number of aryl methyl sites for hydroxylation is 2. The van der Waals surface area contributed by atoms with Gasteiger partial charge >= 0.3 is 21.3 Å². The Hall–Kier alpha value is -1.96. The molecule has 0 bridgehead atoms. The average Bonchev–Trinajstić information content (AvgIpc) is 3.00. The summed E-state index contributed by atoms with van der Waals surface area (Å²) in [5, 5.41) is 20.6. The molecule has 5 atom stereocenters. The molecule has 3 rings (SSSR count). The standard InChI is InChI=1S/C18H24N2O12P2/c1-11-4-2-3-5-12(11)6-8-19-14(21)7-9-20(18(19)24)17-16(23)15(22)13(31-17)10-30-34(28,29)32-33(25,26)27/h2-5,7,9,13,15-17,22-23H,6,8,10H2,1H3,(H,28,29)(H2,25,26,27)/t13-,15-,16-,17-/m1/s1. The molecule has 1 aliphatic heterocycles. The Morgan fingerprint density at radius 2 is 1.74 bits per heavy atom. The fraction of sp³-hybridized carbons (Fsp3) is 0.444. The molecule has 14 nitrogen and oxygen atoms in total. The highest BCUT2D eigenvalue weighted by Gasteiger charge is 2.46. The lowest BCUT2D eigenvalue weighted by atomic mass is 10.1. The summed E-state index contributed by atoms with van der Waals surface area (Å²) >= 11 is 0. The molecule has 1 aromatic carbocycles. The molecule has 1 saturated heterocycles. The number of aromatic nitrogens is 2. The predicted octanol–water partition coefficient (Wildman–Crippen LogP) is -0.593. The topological polar surface area (TPSA) is 207 Å². The van der Waals surface area contributed by atoms with E-state index >= 15 is 0 Å². The predicted molar refractivity (Wildman–Crippen MR) is 115 cm³/mol. The first-order chi connectivity index (χ1) is 15.8. The largest absolute Gasteiger partial charge is 0.481 e. The van der Waals surface area contributed by atoms with Crippen LogP contribution in [0.4, 0.5) is 0 Å². The quantitative estimate of drug-likeness (QED) is 0.262. The van der Waals surface area contributed by atoms with Crippen molar-refractivity contribution < 1.29 is 47.6 Å². The number of hydrogen-bond acceptors (Lipinski definition) is 9. The average molecular weight is 522 g/mol. The molecule has 5 N–H and O–H groups in total. The number of nitrogens with zero attached hydrogens (tertiary/aromatic N) is 2. The van der Waals surface area contributed by atoms with Crippen LogP contribution in [0.25, 0.3) is 0 Å². The Kier molecular flexibility index (Phi) is 8.10. The summed E-state index contributed by atoms with van der Waals surface area (Å²) < 4.78 is 37.6. The van der Waals surface area contributed by atoms with Gasteiger partial charge in [-0.25, -0.2) is 13.9 Å². The smallest absolute Gasteiger partial charge is 0.387 e. The van der Waals surface area contributed by atoms with Gasteiger partial charge in [0, 0.05) is 18.8 Å². The minimum atomic E-state index is -5.35. The van der Waals surface area contributed by atoms with E-state index in [2.05, 4.69) is 8.83 Å². The Morgan fingerprint density at radius 1 is 1.06 bits per heavy atom. The van der Waals surface area contributed by atoms with E-state index in [0.29, 0.717) is 6.42 Å². The van der Waals surface area contributed by atoms with Crippen molar-refractivity contribution >= 4 is 15.6 Å². The third kappa shape index (κ3) is 6.37. The van der Waals surface area contributed by atoms with Gasteiger partial charge < -0.3 is 29.6 Å². The molecule has 34 heavy (non-hydrogen) atoms. The van der Waals surface area contributed by atoms with Crippen molar-refractivity contribution in [1.29, 1.82) is 0 Å². The zero-order chi connectivity index (χ0) is 25.3. The van der Waals surface area contributed by atoms with Crippen molar-refractivity contribution in [3.8, 4) is 0 Å². The van der Waals surface area contributed by atoms with Gasteiger partial charge in [-0.2, -0.15) is 4.31 Å². The van der Waals surface area contributed by atoms with E-state index in [0.717, 1.165) is 32.5 Å². The molecule has 1 aromatic heterocycles. The molecule has 188 valence electrons. The van der Waals surface area contributed by atoms with E-state index in [9.17, 15) is 33.8 Å². The SMILES string of the molecule is Cc1ccccc1CCn1c(=O)ccn([C@@H]2O[C@H](COP(=O)(O)OP(=O)(O)O)[C@@H](O)[C@H]2O)c1=O. The van der Waals surface area contributed by atoms with Crippen LogP contribution in [0.2, 0.25) is 0 Å². The Bertz CT molecular complexity index is 1240. The van der Waals surface area contributed by atoms with Gasteiger partial charge in [0.05, 0.1) is 6.61 Å². The molecule has 1 fully saturated rings. The molecular weight excluding hydrogens is 498 g/mol. The number of rotatable bonds is 9. The highest BCUT2D eigenvalue weighted by atomic mass is 31.3. The monoisotopic (exact) mass is 522 g/mol. The second-order valence-electron chi connectivity index (χ2n) is 7.55. The number of aliphatic hydroxyl groups is 2. The van der Waals surface area contributed by atoms with Crippen molar-refractivity contribution in [2.45, 2.75) is 44.4 Å². The number of phosphoric ester groups is 1. The molecular formula is C18H24N2O12P2. The molecule has 0 spiro atoms. The van der Waals surface area contributed by atoms with Crippen molar-refractivity contribution in [3.63, 3.8) is 0 Å². The second kappa shape index (κ2) is 10.3. The van der Waals surface area contributed by atoms with E-state index in [-0.39, 0.29) is 6.54 Å². The van der Waals surface area contributed by atoms with Crippen molar-refractivity contribution in [2.75, 3.05) is 6.61 Å². The summed E-state index contributed by atoms with van der Waals surface area (Å²) in [6.07, 6.45) is -4.91. The van der Waals surface area contributed by atoms with E-state index in [1.54, 1.807) is 0 Å². The number of phosphoric acid groups is 2. The van der Waals surface area contributed by atoms with Gasteiger partial charge in [0.15, 0.2) is 6.23 Å². The maximum atomic E-state index is 12.9. The highest BCUT2D eigenvalue weighted by Crippen LogP contribution is 2.57. The summed E-state index contributed by atoms with van der Waals surface area (Å²) in [6.45, 7) is 1.02. The number of hydrogen-bond donors (Lipinski definition) is 5. The van der Waals surface area contributed by atoms with Gasteiger partial charge in [-0.3, -0.25) is 18.5 Å². The summed E-state index contributed by atoms with van der Waals surface area (Å²) in [7, 11) is -10.6. The number of ether oxygens (including phenoxy) is 1. The third-order valence-electron chi connectivity index (χ3n) is 5.18. The van der Waals surface area contributed by atoms with Gasteiger partial charge in [-0.1, -0.05) is 24.3 Å². The maximum absolute atomic E-state index is 12.9. The summed E-state index contributed by atoms with van der Waals surface area (Å²) in [5.41, 5.74) is 0.506. The normalized spacial score (nSPS) is 24.8. The first-order valence-electron chi connectivity index (χ1n) is 9.91. The fourth-order valence-corrected chi connectivity index (χ4v) is 5.08. The lowest BCUT2D eigenvalue weighted by molar-refractivity contribution is -0.0548. The first kappa shape index (κ1) is 26.6. The lowest BCUT2D eigenvalue weighted by Gasteiger charge is -2.19. The number of aliphatic hydroxyl groups excluding tert-OH is 2. The van der Waals surface area contributed by atoms with Crippen LogP contribution in [0.15, 0.2) is 46.1 Å². The third-order valence-corrected chi connectivity index (χ3v) is 7.34. The zero-order valence-corrected chi connectivity index (χ0v) is 19.6. The number of benzene rings is 1. The molecule has 2 aromatic rings. The van der Waals surface area contributed by atoms with E-state index in [1.165, 1.54) is 0 Å². The Morgan fingerprint density at radius 3 is 2.38 bits per heavy atom. The Labute approximate surface area is 192 Å². The van der Waals surface area contributed by atoms with Crippen LogP contribution in [0, 0.1) is 6.92 Å². The van der Waals surface area contributed by atoms with Crippen molar-refractivity contribution in [3.05, 3.63) is 68.5 Å². The molecule has 0 amide bonds. The minimum Gasteiger partial charge on any atom is -0.387 e. The summed E-state index contributed by atoms with van der Waals surface area (Å²) in [5.74, 6) is 0. The van der Waals surface area contributed by atoms with Crippen molar-refractivity contribution in [2.24, 2.45) is 0 Å². The molecule has 1 unspecified atom stereocenters. The molecule has 16 heteroatoms. The summed E-state index contributed by atoms with van der Waals surface area (Å²) in [4.78, 5) is 51.9. The zero-order valence-electron chi connectivity index (χ0n) is 17.8. The molecule has 0 aliphatic carbocycles. The molecule has 0 saturated carbocycles. The molecule has 1 aliphatic rings. The first-order valence-corrected chi connectivity index (χ1v) is 12.9. The highest BCUT2D eigenvalue weighted by molar-refractivity contribution is 7.60. The van der Waals surface area contributed by atoms with Crippen LogP contribution in [0.1, 0.15) is 17.4 Å².